The van der Waals surface area contributed by atoms with Gasteiger partial charge in [0.05, 0.1) is 24.3 Å². The normalized spacial score (nSPS) is 11.3. The van der Waals surface area contributed by atoms with Crippen LogP contribution >= 0.6 is 0 Å². The van der Waals surface area contributed by atoms with Crippen molar-refractivity contribution in [3.63, 3.8) is 0 Å². The molecule has 176 valence electrons. The second kappa shape index (κ2) is 10.5. The average Bonchev–Trinajstić information content (AvgIpc) is 2.77. The molecule has 0 bridgehead atoms. The summed E-state index contributed by atoms with van der Waals surface area (Å²) in [5.41, 5.74) is 0.881. The van der Waals surface area contributed by atoms with Crippen molar-refractivity contribution in [2.45, 2.75) is 45.7 Å². The zero-order valence-electron chi connectivity index (χ0n) is 18.9. The minimum absolute atomic E-state index is 0.00298. The van der Waals surface area contributed by atoms with Gasteiger partial charge in [0, 0.05) is 30.4 Å². The van der Waals surface area contributed by atoms with Gasteiger partial charge in [-0.25, -0.2) is 0 Å². The first kappa shape index (κ1) is 24.3. The number of nitrogens with zero attached hydrogens (tertiary/aromatic N) is 2. The molecule has 0 fully saturated rings. The van der Waals surface area contributed by atoms with Crippen LogP contribution in [0.25, 0.3) is 0 Å². The number of aromatic nitrogens is 2. The molecule has 0 saturated heterocycles. The third-order valence-electron chi connectivity index (χ3n) is 5.95. The molecule has 3 rings (SSSR count). The highest BCUT2D eigenvalue weighted by atomic mass is 16.3. The molecular formula is C25H30N2O6. The highest BCUT2D eigenvalue weighted by Gasteiger charge is 2.29. The minimum Gasteiger partial charge on any atom is -0.507 e. The quantitative estimate of drug-likeness (QED) is 0.391. The lowest BCUT2D eigenvalue weighted by Crippen LogP contribution is -2.33. The molecule has 8 nitrogen and oxygen atoms in total. The van der Waals surface area contributed by atoms with Gasteiger partial charge in [-0.2, -0.15) is 0 Å². The number of aliphatic hydroxyl groups is 2. The van der Waals surface area contributed by atoms with Gasteiger partial charge >= 0.3 is 0 Å². The van der Waals surface area contributed by atoms with Crippen LogP contribution in [0.2, 0.25) is 0 Å². The van der Waals surface area contributed by atoms with E-state index in [1.807, 2.05) is 30.3 Å². The van der Waals surface area contributed by atoms with Crippen molar-refractivity contribution in [1.82, 2.24) is 9.13 Å². The Kier molecular flexibility index (Phi) is 7.73. The molecule has 2 aromatic heterocycles. The molecule has 0 radical (unpaired) electrons. The SMILES string of the molecule is Cc1cc(O)c(C(CCc2ccccc2)c2c(O)cc(C)n(CCO)c2=O)c(=O)n1CCO. The average molecular weight is 455 g/mol. The van der Waals surface area contributed by atoms with E-state index >= 15 is 0 Å². The van der Waals surface area contributed by atoms with E-state index in [0.717, 1.165) is 5.56 Å². The van der Waals surface area contributed by atoms with E-state index in [2.05, 4.69) is 0 Å². The minimum atomic E-state index is -0.902. The summed E-state index contributed by atoms with van der Waals surface area (Å²) in [6.07, 6.45) is 0.769. The van der Waals surface area contributed by atoms with Gasteiger partial charge in [0.15, 0.2) is 0 Å². The maximum Gasteiger partial charge on any atom is 0.258 e. The third kappa shape index (κ3) is 5.02. The highest BCUT2D eigenvalue weighted by Crippen LogP contribution is 2.36. The van der Waals surface area contributed by atoms with E-state index in [4.69, 9.17) is 0 Å². The molecule has 0 unspecified atom stereocenters. The highest BCUT2D eigenvalue weighted by molar-refractivity contribution is 5.46. The molecular weight excluding hydrogens is 424 g/mol. The second-order valence-corrected chi connectivity index (χ2v) is 8.11. The number of aromatic hydroxyl groups is 2. The number of aliphatic hydroxyl groups excluding tert-OH is 2. The predicted octanol–water partition coefficient (Wildman–Crippen LogP) is 1.79. The number of aryl methyl sites for hydroxylation is 3. The number of hydrogen-bond donors (Lipinski definition) is 4. The number of benzene rings is 1. The summed E-state index contributed by atoms with van der Waals surface area (Å²) < 4.78 is 2.70. The van der Waals surface area contributed by atoms with Crippen LogP contribution in [-0.2, 0) is 19.5 Å². The molecule has 2 heterocycles. The molecule has 0 saturated carbocycles. The van der Waals surface area contributed by atoms with Crippen molar-refractivity contribution < 1.29 is 20.4 Å². The largest absolute Gasteiger partial charge is 0.507 e. The molecule has 0 aliphatic heterocycles. The second-order valence-electron chi connectivity index (χ2n) is 8.11. The van der Waals surface area contributed by atoms with Gasteiger partial charge in [-0.05, 0) is 44.4 Å². The van der Waals surface area contributed by atoms with Crippen molar-refractivity contribution in [3.05, 3.63) is 91.3 Å². The summed E-state index contributed by atoms with van der Waals surface area (Å²) in [7, 11) is 0. The van der Waals surface area contributed by atoms with Crippen LogP contribution in [0.3, 0.4) is 0 Å². The topological polar surface area (TPSA) is 125 Å². The number of pyridine rings is 2. The molecule has 8 heteroatoms. The van der Waals surface area contributed by atoms with Gasteiger partial charge in [-0.15, -0.1) is 0 Å². The molecule has 1 aromatic carbocycles. The Morgan fingerprint density at radius 3 is 1.67 bits per heavy atom. The first-order valence-corrected chi connectivity index (χ1v) is 10.9. The van der Waals surface area contributed by atoms with Crippen LogP contribution in [0.1, 0.15) is 40.4 Å². The van der Waals surface area contributed by atoms with Gasteiger partial charge in [-0.1, -0.05) is 30.3 Å². The van der Waals surface area contributed by atoms with Crippen molar-refractivity contribution in [2.24, 2.45) is 0 Å². The lowest BCUT2D eigenvalue weighted by Gasteiger charge is -2.23. The van der Waals surface area contributed by atoms with Crippen LogP contribution in [0.4, 0.5) is 0 Å². The first-order chi connectivity index (χ1) is 15.8. The molecule has 0 atom stereocenters. The summed E-state index contributed by atoms with van der Waals surface area (Å²) in [4.78, 5) is 26.8. The summed E-state index contributed by atoms with van der Waals surface area (Å²) in [5.74, 6) is -1.43. The van der Waals surface area contributed by atoms with Gasteiger partial charge < -0.3 is 29.6 Å². The van der Waals surface area contributed by atoms with Crippen LogP contribution in [-0.4, -0.2) is 42.8 Å². The third-order valence-corrected chi connectivity index (χ3v) is 5.95. The number of rotatable bonds is 9. The van der Waals surface area contributed by atoms with Crippen molar-refractivity contribution >= 4 is 0 Å². The zero-order chi connectivity index (χ0) is 24.1. The molecule has 0 aliphatic rings. The summed E-state index contributed by atoms with van der Waals surface area (Å²) >= 11 is 0. The summed E-state index contributed by atoms with van der Waals surface area (Å²) in [5, 5.41) is 40.4. The van der Waals surface area contributed by atoms with Crippen LogP contribution in [0, 0.1) is 13.8 Å². The van der Waals surface area contributed by atoms with E-state index in [1.54, 1.807) is 13.8 Å². The standard InChI is InChI=1S/C25H30N2O6/c1-16-14-20(30)22(24(32)26(16)10-12-28)19(9-8-18-6-4-3-5-7-18)23-21(31)15-17(2)27(11-13-29)25(23)33/h3-7,14-15,19,28-31H,8-13H2,1-2H3. The molecule has 3 aromatic rings. The van der Waals surface area contributed by atoms with Crippen molar-refractivity contribution in [3.8, 4) is 11.5 Å². The molecule has 33 heavy (non-hydrogen) atoms. The maximum absolute atomic E-state index is 13.4. The lowest BCUT2D eigenvalue weighted by atomic mass is 9.86. The van der Waals surface area contributed by atoms with E-state index in [0.29, 0.717) is 17.8 Å². The Bertz CT molecular complexity index is 1150. The fourth-order valence-electron chi connectivity index (χ4n) is 4.34. The molecule has 0 spiro atoms. The Morgan fingerprint density at radius 1 is 0.788 bits per heavy atom. The van der Waals surface area contributed by atoms with E-state index in [-0.39, 0.29) is 55.4 Å². The van der Waals surface area contributed by atoms with Gasteiger partial charge in [0.2, 0.25) is 0 Å². The van der Waals surface area contributed by atoms with E-state index < -0.39 is 17.0 Å². The van der Waals surface area contributed by atoms with Crippen molar-refractivity contribution in [1.29, 1.82) is 0 Å². The van der Waals surface area contributed by atoms with Crippen molar-refractivity contribution in [2.75, 3.05) is 13.2 Å². The molecule has 0 aliphatic carbocycles. The van der Waals surface area contributed by atoms with Gasteiger partial charge in [-0.3, -0.25) is 9.59 Å². The number of hydrogen-bond acceptors (Lipinski definition) is 6. The van der Waals surface area contributed by atoms with Crippen LogP contribution in [0.15, 0.2) is 52.1 Å². The van der Waals surface area contributed by atoms with E-state index in [1.165, 1.54) is 21.3 Å². The van der Waals surface area contributed by atoms with Gasteiger partial charge in [0.25, 0.3) is 11.1 Å². The zero-order valence-corrected chi connectivity index (χ0v) is 18.9. The summed E-state index contributed by atoms with van der Waals surface area (Å²) in [6.45, 7) is 2.85. The van der Waals surface area contributed by atoms with Crippen LogP contribution in [0.5, 0.6) is 11.5 Å². The lowest BCUT2D eigenvalue weighted by molar-refractivity contribution is 0.271. The van der Waals surface area contributed by atoms with E-state index in [9.17, 15) is 30.0 Å². The summed E-state index contributed by atoms with van der Waals surface area (Å²) in [6, 6.07) is 12.4. The Labute approximate surface area is 191 Å². The molecule has 0 amide bonds. The first-order valence-electron chi connectivity index (χ1n) is 10.9. The Hall–Kier alpha value is -3.36. The fourth-order valence-corrected chi connectivity index (χ4v) is 4.34. The predicted molar refractivity (Wildman–Crippen MR) is 125 cm³/mol. The Balaban J connectivity index is 2.25. The monoisotopic (exact) mass is 454 g/mol. The fraction of sp³-hybridized carbons (Fsp3) is 0.360. The smallest absolute Gasteiger partial charge is 0.258 e. The van der Waals surface area contributed by atoms with Crippen LogP contribution < -0.4 is 11.1 Å². The molecule has 4 N–H and O–H groups in total. The maximum atomic E-state index is 13.4. The Morgan fingerprint density at radius 2 is 1.24 bits per heavy atom. The van der Waals surface area contributed by atoms with Gasteiger partial charge in [0.1, 0.15) is 11.5 Å².